The van der Waals surface area contributed by atoms with Gasteiger partial charge >= 0.3 is 0 Å². The number of rotatable bonds is 3. The standard InChI is InChI=1S/C20H18F4N6O/c21-9-1-2-13-10(5-9)17(29-30(13)14-3-4-25-7-12(14)22)18-16-11(19(23)24)6-15(31)28-20(16)27-8-26-18/h1-2,5,8,11-12,14,19,25H,3-4,6-7H2,(H,26,27,28,31)/t11-,12+,14-/m0/s1. The summed E-state index contributed by atoms with van der Waals surface area (Å²) >= 11 is 0. The highest BCUT2D eigenvalue weighted by Crippen LogP contribution is 2.42. The lowest BCUT2D eigenvalue weighted by atomic mass is 9.90. The van der Waals surface area contributed by atoms with Crippen LogP contribution in [0, 0.1) is 5.82 Å². The average Bonchev–Trinajstić information content (AvgIpc) is 3.11. The molecule has 31 heavy (non-hydrogen) atoms. The molecule has 1 saturated heterocycles. The van der Waals surface area contributed by atoms with Gasteiger partial charge in [0.2, 0.25) is 12.3 Å². The van der Waals surface area contributed by atoms with E-state index >= 15 is 0 Å². The molecule has 0 unspecified atom stereocenters. The zero-order chi connectivity index (χ0) is 21.7. The van der Waals surface area contributed by atoms with Crippen molar-refractivity contribution in [3.63, 3.8) is 0 Å². The highest BCUT2D eigenvalue weighted by molar-refractivity contribution is 5.98. The van der Waals surface area contributed by atoms with Crippen LogP contribution in [0.2, 0.25) is 0 Å². The maximum Gasteiger partial charge on any atom is 0.246 e. The minimum atomic E-state index is -2.83. The van der Waals surface area contributed by atoms with Crippen LogP contribution in [0.15, 0.2) is 24.5 Å². The molecule has 0 spiro atoms. The van der Waals surface area contributed by atoms with Crippen molar-refractivity contribution in [1.82, 2.24) is 25.1 Å². The van der Waals surface area contributed by atoms with E-state index in [0.29, 0.717) is 23.9 Å². The summed E-state index contributed by atoms with van der Waals surface area (Å²) < 4.78 is 57.9. The topological polar surface area (TPSA) is 84.7 Å². The Labute approximate surface area is 173 Å². The summed E-state index contributed by atoms with van der Waals surface area (Å²) in [5.74, 6) is -2.56. The van der Waals surface area contributed by atoms with Gasteiger partial charge in [-0.3, -0.25) is 9.48 Å². The second kappa shape index (κ2) is 7.56. The molecule has 2 aromatic heterocycles. The van der Waals surface area contributed by atoms with Gasteiger partial charge < -0.3 is 10.6 Å². The lowest BCUT2D eigenvalue weighted by Crippen LogP contribution is -2.39. The molecule has 2 N–H and O–H groups in total. The first-order valence-corrected chi connectivity index (χ1v) is 9.90. The molecule has 2 aliphatic heterocycles. The van der Waals surface area contributed by atoms with E-state index < -0.39 is 42.7 Å². The molecule has 2 aliphatic rings. The van der Waals surface area contributed by atoms with Crippen LogP contribution in [0.25, 0.3) is 22.3 Å². The SMILES string of the molecule is O=C1C[C@H](C(F)F)c2c(ncnc2-c2nn([C@H]3CCNC[C@H]3F)c3ccc(F)cc23)N1. The first-order chi connectivity index (χ1) is 14.9. The molecular weight excluding hydrogens is 416 g/mol. The van der Waals surface area contributed by atoms with Gasteiger partial charge in [-0.2, -0.15) is 5.10 Å². The quantitative estimate of drug-likeness (QED) is 0.619. The molecule has 0 aliphatic carbocycles. The summed E-state index contributed by atoms with van der Waals surface area (Å²) in [5, 5.41) is 10.3. The van der Waals surface area contributed by atoms with Crippen LogP contribution in [0.5, 0.6) is 0 Å². The molecule has 5 rings (SSSR count). The van der Waals surface area contributed by atoms with E-state index in [4.69, 9.17) is 0 Å². The Bertz CT molecular complexity index is 1170. The van der Waals surface area contributed by atoms with Crippen molar-refractivity contribution >= 4 is 22.6 Å². The first-order valence-electron chi connectivity index (χ1n) is 9.90. The predicted molar refractivity (Wildman–Crippen MR) is 104 cm³/mol. The molecule has 3 aromatic rings. The third-order valence-corrected chi connectivity index (χ3v) is 5.80. The summed E-state index contributed by atoms with van der Waals surface area (Å²) in [7, 11) is 0. The fourth-order valence-corrected chi connectivity index (χ4v) is 4.36. The van der Waals surface area contributed by atoms with Crippen molar-refractivity contribution in [3.05, 3.63) is 35.9 Å². The number of anilines is 1. The minimum absolute atomic E-state index is 0.0177. The van der Waals surface area contributed by atoms with Crippen molar-refractivity contribution in [2.24, 2.45) is 0 Å². The molecule has 0 saturated carbocycles. The lowest BCUT2D eigenvalue weighted by molar-refractivity contribution is -0.117. The van der Waals surface area contributed by atoms with Gasteiger partial charge in [-0.05, 0) is 31.2 Å². The smallest absolute Gasteiger partial charge is 0.246 e. The maximum absolute atomic E-state index is 14.7. The van der Waals surface area contributed by atoms with Gasteiger partial charge in [0.05, 0.1) is 17.5 Å². The second-order valence-corrected chi connectivity index (χ2v) is 7.71. The van der Waals surface area contributed by atoms with Crippen LogP contribution in [-0.4, -0.2) is 51.3 Å². The van der Waals surface area contributed by atoms with Crippen molar-refractivity contribution in [2.45, 2.75) is 37.4 Å². The van der Waals surface area contributed by atoms with Crippen molar-refractivity contribution in [2.75, 3.05) is 18.4 Å². The van der Waals surface area contributed by atoms with Crippen LogP contribution in [0.4, 0.5) is 23.4 Å². The molecule has 3 atom stereocenters. The van der Waals surface area contributed by atoms with Crippen molar-refractivity contribution < 1.29 is 22.4 Å². The summed E-state index contributed by atoms with van der Waals surface area (Å²) in [6, 6.07) is 3.38. The Hall–Kier alpha value is -3.08. The number of alkyl halides is 3. The zero-order valence-corrected chi connectivity index (χ0v) is 16.2. The Morgan fingerprint density at radius 1 is 1.19 bits per heavy atom. The molecule has 1 fully saturated rings. The van der Waals surface area contributed by atoms with E-state index in [2.05, 4.69) is 25.7 Å². The number of hydrogen-bond acceptors (Lipinski definition) is 5. The van der Waals surface area contributed by atoms with E-state index in [-0.39, 0.29) is 29.3 Å². The van der Waals surface area contributed by atoms with Crippen molar-refractivity contribution in [1.29, 1.82) is 0 Å². The van der Waals surface area contributed by atoms with Crippen molar-refractivity contribution in [3.8, 4) is 11.4 Å². The van der Waals surface area contributed by atoms with Crippen LogP contribution in [0.3, 0.4) is 0 Å². The molecular formula is C20H18F4N6O. The zero-order valence-electron chi connectivity index (χ0n) is 16.2. The largest absolute Gasteiger partial charge is 0.314 e. The Morgan fingerprint density at radius 3 is 2.81 bits per heavy atom. The summed E-state index contributed by atoms with van der Waals surface area (Å²) in [6.45, 7) is 0.746. The molecule has 11 heteroatoms. The Balaban J connectivity index is 1.74. The van der Waals surface area contributed by atoms with E-state index in [1.807, 2.05) is 0 Å². The third-order valence-electron chi connectivity index (χ3n) is 5.80. The molecule has 0 bridgehead atoms. The Morgan fingerprint density at radius 2 is 2.03 bits per heavy atom. The van der Waals surface area contributed by atoms with E-state index in [9.17, 15) is 22.4 Å². The van der Waals surface area contributed by atoms with Gasteiger partial charge in [-0.25, -0.2) is 27.5 Å². The highest BCUT2D eigenvalue weighted by atomic mass is 19.3. The minimum Gasteiger partial charge on any atom is -0.314 e. The van der Waals surface area contributed by atoms with Gasteiger partial charge in [0, 0.05) is 23.9 Å². The third kappa shape index (κ3) is 3.32. The maximum atomic E-state index is 14.7. The van der Waals surface area contributed by atoms with Gasteiger partial charge in [0.1, 0.15) is 35.5 Å². The number of aromatic nitrogens is 4. The number of piperidine rings is 1. The summed E-state index contributed by atoms with van der Waals surface area (Å²) in [5.41, 5.74) is 0.761. The normalized spacial score (nSPS) is 23.8. The average molecular weight is 434 g/mol. The van der Waals surface area contributed by atoms with Crippen LogP contribution in [-0.2, 0) is 4.79 Å². The summed E-state index contributed by atoms with van der Waals surface area (Å²) in [6.07, 6.45) is -2.89. The predicted octanol–water partition coefficient (Wildman–Crippen LogP) is 3.20. The van der Waals surface area contributed by atoms with Crippen LogP contribution < -0.4 is 10.6 Å². The van der Waals surface area contributed by atoms with Crippen LogP contribution >= 0.6 is 0 Å². The second-order valence-electron chi connectivity index (χ2n) is 7.71. The number of benzene rings is 1. The molecule has 0 radical (unpaired) electrons. The fraction of sp³-hybridized carbons (Fsp3) is 0.400. The number of amides is 1. The van der Waals surface area contributed by atoms with Gasteiger partial charge in [0.25, 0.3) is 0 Å². The monoisotopic (exact) mass is 434 g/mol. The molecule has 1 amide bonds. The molecule has 1 aromatic carbocycles. The number of nitrogens with one attached hydrogen (secondary N) is 2. The van der Waals surface area contributed by atoms with Gasteiger partial charge in [-0.1, -0.05) is 0 Å². The van der Waals surface area contributed by atoms with Crippen LogP contribution in [0.1, 0.15) is 30.4 Å². The molecule has 162 valence electrons. The first kappa shape index (κ1) is 19.9. The number of halogens is 4. The fourth-order valence-electron chi connectivity index (χ4n) is 4.36. The highest BCUT2D eigenvalue weighted by Gasteiger charge is 2.37. The summed E-state index contributed by atoms with van der Waals surface area (Å²) in [4.78, 5) is 20.0. The number of nitrogens with zero attached hydrogens (tertiary/aromatic N) is 4. The number of carbonyl (C=O) groups excluding carboxylic acids is 1. The number of carbonyl (C=O) groups is 1. The van der Waals surface area contributed by atoms with E-state index in [0.717, 1.165) is 6.33 Å². The molecule has 7 nitrogen and oxygen atoms in total. The van der Waals surface area contributed by atoms with E-state index in [1.165, 1.54) is 22.9 Å². The number of hydrogen-bond donors (Lipinski definition) is 2. The van der Waals surface area contributed by atoms with Gasteiger partial charge in [0.15, 0.2) is 0 Å². The number of fused-ring (bicyclic) bond motifs is 2. The van der Waals surface area contributed by atoms with Gasteiger partial charge in [-0.15, -0.1) is 0 Å². The lowest BCUT2D eigenvalue weighted by Gasteiger charge is -2.27. The molecule has 4 heterocycles. The Kier molecular flexibility index (Phi) is 4.84. The van der Waals surface area contributed by atoms with E-state index in [1.54, 1.807) is 0 Å².